The van der Waals surface area contributed by atoms with Crippen molar-refractivity contribution in [3.8, 4) is 17.1 Å². The average molecular weight is 514 g/mol. The van der Waals surface area contributed by atoms with Crippen LogP contribution in [0.1, 0.15) is 47.1 Å². The van der Waals surface area contributed by atoms with Gasteiger partial charge in [0.25, 0.3) is 5.91 Å². The van der Waals surface area contributed by atoms with Crippen LogP contribution in [0, 0.1) is 11.6 Å². The predicted molar refractivity (Wildman–Crippen MR) is 124 cm³/mol. The smallest absolute Gasteiger partial charge is 0.387 e. The molecule has 7 nitrogen and oxygen atoms in total. The molecule has 0 aliphatic carbocycles. The number of halogens is 4. The summed E-state index contributed by atoms with van der Waals surface area (Å²) in [5.41, 5.74) is 1.31. The Hall–Kier alpha value is -4.15. The monoisotopic (exact) mass is 514 g/mol. The topological polar surface area (TPSA) is 73.4 Å². The minimum Gasteiger partial charge on any atom is -0.435 e. The van der Waals surface area contributed by atoms with Crippen LogP contribution in [0.15, 0.2) is 59.4 Å². The number of fused-ring (bicyclic) bond motifs is 1. The van der Waals surface area contributed by atoms with Crippen molar-refractivity contribution in [3.05, 3.63) is 88.9 Å². The van der Waals surface area contributed by atoms with E-state index in [0.29, 0.717) is 6.07 Å². The van der Waals surface area contributed by atoms with Crippen molar-refractivity contribution in [2.75, 3.05) is 6.54 Å². The van der Waals surface area contributed by atoms with Crippen molar-refractivity contribution in [2.45, 2.75) is 31.9 Å². The molecule has 0 radical (unpaired) electrons. The maximum atomic E-state index is 14.2. The number of hydrogen-bond acceptors (Lipinski definition) is 5. The molecule has 2 unspecified atom stereocenters. The van der Waals surface area contributed by atoms with Crippen molar-refractivity contribution in [1.82, 2.24) is 19.8 Å². The van der Waals surface area contributed by atoms with Crippen molar-refractivity contribution in [2.24, 2.45) is 7.05 Å². The number of benzene rings is 2. The zero-order valence-electron chi connectivity index (χ0n) is 20.1. The highest BCUT2D eigenvalue weighted by Gasteiger charge is 2.44. The first-order valence-corrected chi connectivity index (χ1v) is 11.4. The summed E-state index contributed by atoms with van der Waals surface area (Å²) in [6.07, 6.45) is 3.46. The molecule has 192 valence electrons. The van der Waals surface area contributed by atoms with E-state index < -0.39 is 35.6 Å². The van der Waals surface area contributed by atoms with Crippen LogP contribution < -0.4 is 4.74 Å². The zero-order valence-corrected chi connectivity index (χ0v) is 20.1. The number of alkyl halides is 2. The summed E-state index contributed by atoms with van der Waals surface area (Å²) in [6.45, 7) is 0.891. The van der Waals surface area contributed by atoms with E-state index in [2.05, 4.69) is 15.0 Å². The highest BCUT2D eigenvalue weighted by atomic mass is 19.3. The number of ether oxygens (including phenoxy) is 1. The Morgan fingerprint density at radius 1 is 1.19 bits per heavy atom. The largest absolute Gasteiger partial charge is 0.435 e. The van der Waals surface area contributed by atoms with Gasteiger partial charge < -0.3 is 14.2 Å². The number of amides is 1. The molecule has 2 aromatic carbocycles. The Kier molecular flexibility index (Phi) is 6.01. The van der Waals surface area contributed by atoms with E-state index in [1.165, 1.54) is 18.2 Å². The maximum absolute atomic E-state index is 14.2. The Bertz CT molecular complexity index is 1480. The molecule has 0 saturated carbocycles. The van der Waals surface area contributed by atoms with E-state index in [0.717, 1.165) is 22.8 Å². The molecule has 2 atom stereocenters. The average Bonchev–Trinajstić information content (AvgIpc) is 3.50. The summed E-state index contributed by atoms with van der Waals surface area (Å²) in [4.78, 5) is 15.2. The summed E-state index contributed by atoms with van der Waals surface area (Å²) in [5.74, 6) is -2.07. The van der Waals surface area contributed by atoms with Gasteiger partial charge in [-0.2, -0.15) is 13.9 Å². The molecule has 2 aromatic heterocycles. The molecule has 1 amide bonds. The zero-order chi connectivity index (χ0) is 26.5. The Balaban J connectivity index is 1.55. The standard InChI is InChI=1S/C26H22F4N4O3/c1-14-18-7-5-17(36-25(29)30)9-20(18)26(2,15-11-31-33(3)12-15)13-34(14)24(35)22-10-23(37-32-22)19-6-4-16(27)8-21(19)28/h4-12,14,25H,13H2,1-3H3. The Morgan fingerprint density at radius 3 is 2.65 bits per heavy atom. The highest BCUT2D eigenvalue weighted by Crippen LogP contribution is 2.45. The summed E-state index contributed by atoms with van der Waals surface area (Å²) in [7, 11) is 1.75. The Morgan fingerprint density at radius 2 is 1.97 bits per heavy atom. The molecule has 0 N–H and O–H groups in total. The number of nitrogens with zero attached hydrogens (tertiary/aromatic N) is 4. The second-order valence-electron chi connectivity index (χ2n) is 9.17. The van der Waals surface area contributed by atoms with E-state index in [4.69, 9.17) is 4.52 Å². The lowest BCUT2D eigenvalue weighted by molar-refractivity contribution is -0.0499. The van der Waals surface area contributed by atoms with Gasteiger partial charge in [0.15, 0.2) is 11.5 Å². The number of rotatable bonds is 5. The fourth-order valence-electron chi connectivity index (χ4n) is 4.82. The SMILES string of the molecule is CC1c2ccc(OC(F)F)cc2C(C)(c2cnn(C)c2)CN1C(=O)c1cc(-c2ccc(F)cc2F)on1. The van der Waals surface area contributed by atoms with Crippen LogP contribution in [0.2, 0.25) is 0 Å². The van der Waals surface area contributed by atoms with Gasteiger partial charge >= 0.3 is 6.61 Å². The summed E-state index contributed by atoms with van der Waals surface area (Å²) < 4.78 is 64.9. The van der Waals surface area contributed by atoms with Crippen LogP contribution in [0.5, 0.6) is 5.75 Å². The molecule has 1 aliphatic rings. The van der Waals surface area contributed by atoms with E-state index >= 15 is 0 Å². The molecule has 0 bridgehead atoms. The number of aromatic nitrogens is 3. The van der Waals surface area contributed by atoms with Gasteiger partial charge in [-0.15, -0.1) is 0 Å². The quantitative estimate of drug-likeness (QED) is 0.330. The third-order valence-electron chi connectivity index (χ3n) is 6.78. The fraction of sp³-hybridized carbons (Fsp3) is 0.269. The van der Waals surface area contributed by atoms with Gasteiger partial charge in [-0.1, -0.05) is 11.2 Å². The lowest BCUT2D eigenvalue weighted by Gasteiger charge is -2.45. The van der Waals surface area contributed by atoms with Crippen LogP contribution in [0.4, 0.5) is 17.6 Å². The van der Waals surface area contributed by atoms with E-state index in [-0.39, 0.29) is 29.3 Å². The maximum Gasteiger partial charge on any atom is 0.387 e. The van der Waals surface area contributed by atoms with Gasteiger partial charge in [0.2, 0.25) is 0 Å². The summed E-state index contributed by atoms with van der Waals surface area (Å²) in [6, 6.07) is 8.51. The van der Waals surface area contributed by atoms with Gasteiger partial charge in [0.1, 0.15) is 17.4 Å². The molecule has 1 aliphatic heterocycles. The van der Waals surface area contributed by atoms with Crippen LogP contribution >= 0.6 is 0 Å². The fourth-order valence-corrected chi connectivity index (χ4v) is 4.82. The Labute approximate surface area is 209 Å². The van der Waals surface area contributed by atoms with E-state index in [1.807, 2.05) is 13.8 Å². The second-order valence-corrected chi connectivity index (χ2v) is 9.17. The van der Waals surface area contributed by atoms with E-state index in [9.17, 15) is 22.4 Å². The van der Waals surface area contributed by atoms with Crippen molar-refractivity contribution in [1.29, 1.82) is 0 Å². The molecule has 0 saturated heterocycles. The first-order chi connectivity index (χ1) is 17.6. The number of hydrogen-bond donors (Lipinski definition) is 0. The predicted octanol–water partition coefficient (Wildman–Crippen LogP) is 5.48. The first-order valence-electron chi connectivity index (χ1n) is 11.4. The molecule has 4 aromatic rings. The molecule has 0 fully saturated rings. The molecule has 3 heterocycles. The minimum atomic E-state index is -2.98. The lowest BCUT2D eigenvalue weighted by atomic mass is 9.71. The van der Waals surface area contributed by atoms with Gasteiger partial charge in [0.05, 0.1) is 17.8 Å². The molecule has 5 rings (SSSR count). The molecule has 11 heteroatoms. The van der Waals surface area contributed by atoms with Crippen LogP contribution in [-0.2, 0) is 12.5 Å². The van der Waals surface area contributed by atoms with Gasteiger partial charge in [-0.25, -0.2) is 8.78 Å². The summed E-state index contributed by atoms with van der Waals surface area (Å²) in [5, 5.41) is 8.10. The number of aryl methyl sites for hydroxylation is 1. The lowest BCUT2D eigenvalue weighted by Crippen LogP contribution is -2.49. The first kappa shape index (κ1) is 24.5. The molecule has 0 spiro atoms. The number of carbonyl (C=O) groups is 1. The van der Waals surface area contributed by atoms with Crippen molar-refractivity contribution < 1.29 is 31.6 Å². The van der Waals surface area contributed by atoms with Crippen LogP contribution in [0.3, 0.4) is 0 Å². The highest BCUT2D eigenvalue weighted by molar-refractivity contribution is 5.94. The van der Waals surface area contributed by atoms with Gasteiger partial charge in [-0.05, 0) is 49.2 Å². The third-order valence-corrected chi connectivity index (χ3v) is 6.78. The normalized spacial score (nSPS) is 19.2. The van der Waals surface area contributed by atoms with Crippen LogP contribution in [-0.4, -0.2) is 38.9 Å². The van der Waals surface area contributed by atoms with Crippen molar-refractivity contribution in [3.63, 3.8) is 0 Å². The third kappa shape index (κ3) is 4.34. The van der Waals surface area contributed by atoms with E-state index in [1.54, 1.807) is 41.2 Å². The van der Waals surface area contributed by atoms with Gasteiger partial charge in [-0.3, -0.25) is 9.48 Å². The molecular formula is C26H22F4N4O3. The minimum absolute atomic E-state index is 0.0123. The summed E-state index contributed by atoms with van der Waals surface area (Å²) >= 11 is 0. The molecular weight excluding hydrogens is 492 g/mol. The van der Waals surface area contributed by atoms with Crippen molar-refractivity contribution >= 4 is 5.91 Å². The second kappa shape index (κ2) is 9.06. The van der Waals surface area contributed by atoms with Gasteiger partial charge in [0, 0.05) is 42.9 Å². The molecule has 37 heavy (non-hydrogen) atoms. The number of carbonyl (C=O) groups excluding carboxylic acids is 1. The van der Waals surface area contributed by atoms with Crippen LogP contribution in [0.25, 0.3) is 11.3 Å².